The van der Waals surface area contributed by atoms with Crippen LogP contribution in [0.2, 0.25) is 0 Å². The summed E-state index contributed by atoms with van der Waals surface area (Å²) in [5.41, 5.74) is 7.38. The lowest BCUT2D eigenvalue weighted by molar-refractivity contribution is 0.0962. The summed E-state index contributed by atoms with van der Waals surface area (Å²) in [5.74, 6) is 0.718. The van der Waals surface area contributed by atoms with Gasteiger partial charge in [-0.05, 0) is 31.1 Å². The van der Waals surface area contributed by atoms with E-state index in [2.05, 4.69) is 33.8 Å². The molecule has 0 bridgehead atoms. The molecule has 0 amide bonds. The van der Waals surface area contributed by atoms with Gasteiger partial charge in [0.2, 0.25) is 11.8 Å². The van der Waals surface area contributed by atoms with E-state index in [0.29, 0.717) is 16.9 Å². The molecule has 19 heavy (non-hydrogen) atoms. The number of anilines is 1. The van der Waals surface area contributed by atoms with Crippen molar-refractivity contribution >= 4 is 17.1 Å². The summed E-state index contributed by atoms with van der Waals surface area (Å²) >= 11 is 0. The minimum absolute atomic E-state index is 0.200. The molecule has 102 valence electrons. The first kappa shape index (κ1) is 12.2. The number of nitrogens with two attached hydrogens (primary N) is 1. The normalized spacial score (nSPS) is 19.7. The molecule has 0 aliphatic heterocycles. The molecule has 0 unspecified atom stereocenters. The van der Waals surface area contributed by atoms with Crippen LogP contribution in [0.15, 0.2) is 6.33 Å². The van der Waals surface area contributed by atoms with E-state index in [9.17, 15) is 0 Å². The molecule has 3 N–H and O–H groups in total. The van der Waals surface area contributed by atoms with Crippen molar-refractivity contribution in [2.75, 3.05) is 5.73 Å². The molecule has 2 aromatic rings. The summed E-state index contributed by atoms with van der Waals surface area (Å²) in [7, 11) is 0. The van der Waals surface area contributed by atoms with Gasteiger partial charge in [-0.2, -0.15) is 9.97 Å². The van der Waals surface area contributed by atoms with E-state index in [1.807, 2.05) is 0 Å². The van der Waals surface area contributed by atoms with Crippen LogP contribution in [0, 0.1) is 5.41 Å². The van der Waals surface area contributed by atoms with Crippen LogP contribution in [-0.4, -0.2) is 26.0 Å². The highest BCUT2D eigenvalue weighted by Gasteiger charge is 2.28. The lowest BCUT2D eigenvalue weighted by atomic mass is 9.76. The van der Waals surface area contributed by atoms with Gasteiger partial charge in [-0.15, -0.1) is 0 Å². The predicted octanol–water partition coefficient (Wildman–Crippen LogP) is 2.28. The number of hydrogen-bond acceptors (Lipinski definition) is 5. The lowest BCUT2D eigenvalue weighted by Gasteiger charge is -2.34. The largest absolute Gasteiger partial charge is 0.473 e. The molecular weight excluding hydrogens is 242 g/mol. The minimum Gasteiger partial charge on any atom is -0.473 e. The third-order valence-electron chi connectivity index (χ3n) is 3.83. The van der Waals surface area contributed by atoms with Gasteiger partial charge in [-0.1, -0.05) is 13.8 Å². The standard InChI is InChI=1S/C13H19N5O/c1-13(2)5-3-8(4-6-13)19-11-9-10(16-7-15-9)17-12(14)18-11/h7-8H,3-6H2,1-2H3,(H3,14,15,16,17,18). The van der Waals surface area contributed by atoms with Crippen molar-refractivity contribution in [2.45, 2.75) is 45.6 Å². The monoisotopic (exact) mass is 261 g/mol. The average molecular weight is 261 g/mol. The number of nitrogens with zero attached hydrogens (tertiary/aromatic N) is 3. The fourth-order valence-corrected chi connectivity index (χ4v) is 2.56. The van der Waals surface area contributed by atoms with Crippen LogP contribution < -0.4 is 10.5 Å². The van der Waals surface area contributed by atoms with E-state index in [-0.39, 0.29) is 12.1 Å². The second kappa shape index (κ2) is 4.36. The van der Waals surface area contributed by atoms with Crippen LogP contribution in [0.1, 0.15) is 39.5 Å². The Morgan fingerprint density at radius 2 is 2.05 bits per heavy atom. The maximum absolute atomic E-state index is 6.00. The van der Waals surface area contributed by atoms with Gasteiger partial charge in [0.25, 0.3) is 0 Å². The highest BCUT2D eigenvalue weighted by Crippen LogP contribution is 2.36. The van der Waals surface area contributed by atoms with Gasteiger partial charge in [0.1, 0.15) is 11.6 Å². The second-order valence-corrected chi connectivity index (χ2v) is 5.97. The zero-order valence-electron chi connectivity index (χ0n) is 11.3. The maximum Gasteiger partial charge on any atom is 0.245 e. The first-order chi connectivity index (χ1) is 9.03. The van der Waals surface area contributed by atoms with E-state index in [1.54, 1.807) is 6.33 Å². The highest BCUT2D eigenvalue weighted by atomic mass is 16.5. The quantitative estimate of drug-likeness (QED) is 0.865. The summed E-state index contributed by atoms with van der Waals surface area (Å²) in [4.78, 5) is 15.3. The summed E-state index contributed by atoms with van der Waals surface area (Å²) < 4.78 is 6.00. The summed E-state index contributed by atoms with van der Waals surface area (Å²) in [6.07, 6.45) is 6.22. The number of fused-ring (bicyclic) bond motifs is 1. The van der Waals surface area contributed by atoms with E-state index >= 15 is 0 Å². The number of rotatable bonds is 2. The van der Waals surface area contributed by atoms with Gasteiger partial charge in [-0.25, -0.2) is 4.98 Å². The Morgan fingerprint density at radius 1 is 1.32 bits per heavy atom. The SMILES string of the molecule is CC1(C)CCC(Oc2nc(N)nc3nc[nH]c23)CC1. The van der Waals surface area contributed by atoms with Crippen molar-refractivity contribution in [3.05, 3.63) is 6.33 Å². The van der Waals surface area contributed by atoms with Crippen LogP contribution in [0.5, 0.6) is 5.88 Å². The van der Waals surface area contributed by atoms with E-state index in [1.165, 1.54) is 12.8 Å². The molecule has 1 fully saturated rings. The van der Waals surface area contributed by atoms with Crippen LogP contribution in [0.25, 0.3) is 11.2 Å². The molecule has 6 nitrogen and oxygen atoms in total. The smallest absolute Gasteiger partial charge is 0.245 e. The van der Waals surface area contributed by atoms with Crippen LogP contribution in [0.4, 0.5) is 5.95 Å². The zero-order chi connectivity index (χ0) is 13.5. The number of H-pyrrole nitrogens is 1. The molecule has 0 radical (unpaired) electrons. The third-order valence-corrected chi connectivity index (χ3v) is 3.83. The van der Waals surface area contributed by atoms with Gasteiger partial charge in [0.15, 0.2) is 5.65 Å². The fourth-order valence-electron chi connectivity index (χ4n) is 2.56. The molecular formula is C13H19N5O. The van der Waals surface area contributed by atoms with Crippen molar-refractivity contribution in [1.29, 1.82) is 0 Å². The molecule has 1 saturated carbocycles. The number of ether oxygens (including phenoxy) is 1. The zero-order valence-corrected chi connectivity index (χ0v) is 11.3. The molecule has 6 heteroatoms. The molecule has 0 atom stereocenters. The Balaban J connectivity index is 1.80. The highest BCUT2D eigenvalue weighted by molar-refractivity contribution is 5.76. The van der Waals surface area contributed by atoms with E-state index < -0.39 is 0 Å². The molecule has 2 aromatic heterocycles. The number of nitrogen functional groups attached to an aromatic ring is 1. The maximum atomic E-state index is 6.00. The van der Waals surface area contributed by atoms with Crippen molar-refractivity contribution in [2.24, 2.45) is 5.41 Å². The van der Waals surface area contributed by atoms with E-state index in [4.69, 9.17) is 10.5 Å². The average Bonchev–Trinajstić information content (AvgIpc) is 2.80. The topological polar surface area (TPSA) is 89.7 Å². The molecule has 1 aliphatic rings. The second-order valence-electron chi connectivity index (χ2n) is 5.97. The summed E-state index contributed by atoms with van der Waals surface area (Å²) in [6.45, 7) is 4.61. The molecule has 0 spiro atoms. The molecule has 1 aliphatic carbocycles. The van der Waals surface area contributed by atoms with Gasteiger partial charge in [-0.3, -0.25) is 0 Å². The lowest BCUT2D eigenvalue weighted by Crippen LogP contribution is -2.28. The Kier molecular flexibility index (Phi) is 2.80. The van der Waals surface area contributed by atoms with Gasteiger partial charge in [0.05, 0.1) is 6.33 Å². The Hall–Kier alpha value is -1.85. The number of imidazole rings is 1. The van der Waals surface area contributed by atoms with Gasteiger partial charge >= 0.3 is 0 Å². The number of nitrogens with one attached hydrogen (secondary N) is 1. The van der Waals surface area contributed by atoms with Crippen molar-refractivity contribution in [3.8, 4) is 5.88 Å². The van der Waals surface area contributed by atoms with Gasteiger partial charge in [0, 0.05) is 0 Å². The number of hydrogen-bond donors (Lipinski definition) is 2. The predicted molar refractivity (Wildman–Crippen MR) is 72.8 cm³/mol. The minimum atomic E-state index is 0.200. The fraction of sp³-hybridized carbons (Fsp3) is 0.615. The Bertz CT molecular complexity index is 582. The van der Waals surface area contributed by atoms with Crippen LogP contribution in [-0.2, 0) is 0 Å². The van der Waals surface area contributed by atoms with E-state index in [0.717, 1.165) is 18.4 Å². The summed E-state index contributed by atoms with van der Waals surface area (Å²) in [5, 5.41) is 0. The number of aromatic nitrogens is 4. The van der Waals surface area contributed by atoms with Crippen molar-refractivity contribution in [3.63, 3.8) is 0 Å². The number of aromatic amines is 1. The Labute approximate surface area is 111 Å². The molecule has 0 aromatic carbocycles. The first-order valence-corrected chi connectivity index (χ1v) is 6.67. The molecule has 0 saturated heterocycles. The van der Waals surface area contributed by atoms with Gasteiger partial charge < -0.3 is 15.5 Å². The van der Waals surface area contributed by atoms with Crippen LogP contribution >= 0.6 is 0 Å². The summed E-state index contributed by atoms with van der Waals surface area (Å²) in [6, 6.07) is 0. The first-order valence-electron chi connectivity index (χ1n) is 6.67. The van der Waals surface area contributed by atoms with Crippen molar-refractivity contribution in [1.82, 2.24) is 19.9 Å². The molecule has 3 rings (SSSR count). The molecule has 2 heterocycles. The van der Waals surface area contributed by atoms with Crippen molar-refractivity contribution < 1.29 is 4.74 Å². The van der Waals surface area contributed by atoms with Crippen LogP contribution in [0.3, 0.4) is 0 Å². The Morgan fingerprint density at radius 3 is 2.79 bits per heavy atom. The third kappa shape index (κ3) is 2.47.